The van der Waals surface area contributed by atoms with Crippen molar-refractivity contribution in [3.8, 4) is 0 Å². The van der Waals surface area contributed by atoms with Crippen molar-refractivity contribution < 1.29 is 24.2 Å². The molecule has 0 aliphatic heterocycles. The van der Waals surface area contributed by atoms with Gasteiger partial charge in [0.25, 0.3) is 0 Å². The van der Waals surface area contributed by atoms with Gasteiger partial charge in [-0.1, -0.05) is 27.7 Å². The predicted molar refractivity (Wildman–Crippen MR) is 136 cm³/mol. The fourth-order valence-electron chi connectivity index (χ4n) is 9.34. The first-order valence-electron chi connectivity index (χ1n) is 14.3. The van der Waals surface area contributed by atoms with E-state index < -0.39 is 6.10 Å². The molecule has 0 unspecified atom stereocenters. The van der Waals surface area contributed by atoms with Gasteiger partial charge in [-0.15, -0.1) is 0 Å². The van der Waals surface area contributed by atoms with Crippen LogP contribution in [0.25, 0.3) is 0 Å². The number of carbonyl (C=O) groups is 2. The molecule has 0 amide bonds. The number of ketones is 1. The molecule has 0 aromatic carbocycles. The Balaban J connectivity index is 1.68. The summed E-state index contributed by atoms with van der Waals surface area (Å²) in [6.07, 6.45) is 5.86. The van der Waals surface area contributed by atoms with E-state index in [1.165, 1.54) is 0 Å². The zero-order valence-corrected chi connectivity index (χ0v) is 22.9. The molecule has 0 aromatic rings. The first-order chi connectivity index (χ1) is 16.6. The molecule has 4 aliphatic rings. The molecule has 6 nitrogen and oxygen atoms in total. The van der Waals surface area contributed by atoms with Crippen LogP contribution in [0, 0.1) is 40.4 Å². The molecule has 0 aromatic heterocycles. The number of aliphatic hydroxyl groups excluding tert-OH is 1. The van der Waals surface area contributed by atoms with Gasteiger partial charge in [0.1, 0.15) is 11.9 Å². The molecule has 35 heavy (non-hydrogen) atoms. The second-order valence-corrected chi connectivity index (χ2v) is 12.5. The van der Waals surface area contributed by atoms with Gasteiger partial charge in [-0.2, -0.15) is 0 Å². The number of carbonyl (C=O) groups excluding carboxylic acids is 2. The Morgan fingerprint density at radius 3 is 2.29 bits per heavy atom. The Bertz CT molecular complexity index is 783. The molecule has 1 N–H and O–H groups in total. The van der Waals surface area contributed by atoms with Crippen LogP contribution in [0.5, 0.6) is 0 Å². The number of nitrogens with zero attached hydrogens (tertiary/aromatic N) is 1. The van der Waals surface area contributed by atoms with Crippen molar-refractivity contribution >= 4 is 11.8 Å². The van der Waals surface area contributed by atoms with Crippen molar-refractivity contribution in [2.75, 3.05) is 26.2 Å². The van der Waals surface area contributed by atoms with Crippen LogP contribution in [0.3, 0.4) is 0 Å². The SMILES string of the molecule is CCO[C@H]1C[C@@]2(C)[C@@H](CC[C@@H]3[C@@H]2[C@@H](OC(=O)CN(CC)CC)C[C@]2(C)[C@@H](C(C)=O)CC[C@@H]32)C[C@@H]1O. The predicted octanol–water partition coefficient (Wildman–Crippen LogP) is 4.47. The van der Waals surface area contributed by atoms with Crippen LogP contribution in [0.4, 0.5) is 0 Å². The van der Waals surface area contributed by atoms with Gasteiger partial charge in [-0.25, -0.2) is 0 Å². The highest BCUT2D eigenvalue weighted by Gasteiger charge is 2.65. The Morgan fingerprint density at radius 1 is 0.971 bits per heavy atom. The van der Waals surface area contributed by atoms with Crippen LogP contribution < -0.4 is 0 Å². The van der Waals surface area contributed by atoms with E-state index in [-0.39, 0.29) is 40.8 Å². The van der Waals surface area contributed by atoms with Gasteiger partial charge >= 0.3 is 5.97 Å². The van der Waals surface area contributed by atoms with Crippen LogP contribution >= 0.6 is 0 Å². The van der Waals surface area contributed by atoms with Crippen molar-refractivity contribution in [2.45, 2.75) is 105 Å². The molecule has 0 heterocycles. The van der Waals surface area contributed by atoms with Gasteiger partial charge in [-0.05, 0) is 100 Å². The second kappa shape index (κ2) is 10.4. The summed E-state index contributed by atoms with van der Waals surface area (Å²) in [7, 11) is 0. The molecule has 4 fully saturated rings. The minimum absolute atomic E-state index is 0.0439. The summed E-state index contributed by atoms with van der Waals surface area (Å²) in [6, 6.07) is 0. The molecule has 4 rings (SSSR count). The number of aliphatic hydroxyl groups is 1. The molecule has 0 bridgehead atoms. The lowest BCUT2D eigenvalue weighted by Gasteiger charge is -2.63. The smallest absolute Gasteiger partial charge is 0.320 e. The fourth-order valence-corrected chi connectivity index (χ4v) is 9.34. The van der Waals surface area contributed by atoms with E-state index in [1.807, 2.05) is 6.92 Å². The molecule has 0 saturated heterocycles. The number of hydrogen-bond acceptors (Lipinski definition) is 6. The third kappa shape index (κ3) is 4.72. The summed E-state index contributed by atoms with van der Waals surface area (Å²) in [5, 5.41) is 10.8. The third-order valence-electron chi connectivity index (χ3n) is 11.0. The third-order valence-corrected chi connectivity index (χ3v) is 11.0. The highest BCUT2D eigenvalue weighted by molar-refractivity contribution is 5.79. The lowest BCUT2D eigenvalue weighted by molar-refractivity contribution is -0.214. The molecular formula is C29H49NO5. The molecule has 200 valence electrons. The van der Waals surface area contributed by atoms with E-state index in [4.69, 9.17) is 9.47 Å². The van der Waals surface area contributed by atoms with E-state index in [1.54, 1.807) is 6.92 Å². The number of fused-ring (bicyclic) bond motifs is 5. The van der Waals surface area contributed by atoms with Gasteiger partial charge in [0.05, 0.1) is 18.8 Å². The average molecular weight is 492 g/mol. The van der Waals surface area contributed by atoms with Crippen molar-refractivity contribution in [3.63, 3.8) is 0 Å². The molecule has 4 aliphatic carbocycles. The quantitative estimate of drug-likeness (QED) is 0.505. The molecule has 4 saturated carbocycles. The number of hydrogen-bond donors (Lipinski definition) is 1. The number of likely N-dealkylation sites (N-methyl/N-ethyl adjacent to an activating group) is 1. The standard InChI is InChI=1S/C29H49NO5/c1-7-30(8-2)17-26(33)35-25-16-29(6)21(18(4)31)12-13-22(29)20-11-10-19-14-23(32)24(34-9-3)15-28(19,5)27(20)25/h19-25,27,32H,7-17H2,1-6H3/t19-,20-,21+,22-,23-,24-,25-,27+,28-,29+/m0/s1. The largest absolute Gasteiger partial charge is 0.461 e. The Morgan fingerprint density at radius 2 is 1.66 bits per heavy atom. The minimum atomic E-state index is -0.421. The van der Waals surface area contributed by atoms with E-state index in [9.17, 15) is 14.7 Å². The van der Waals surface area contributed by atoms with Crippen LogP contribution in [0.15, 0.2) is 0 Å². The summed E-state index contributed by atoms with van der Waals surface area (Å²) >= 11 is 0. The van der Waals surface area contributed by atoms with Crippen molar-refractivity contribution in [1.29, 1.82) is 0 Å². The summed E-state index contributed by atoms with van der Waals surface area (Å²) in [5.41, 5.74) is -0.151. The monoisotopic (exact) mass is 491 g/mol. The highest BCUT2D eigenvalue weighted by Crippen LogP contribution is 2.68. The van der Waals surface area contributed by atoms with Gasteiger partial charge in [0, 0.05) is 18.4 Å². The number of esters is 1. The number of rotatable bonds is 8. The summed E-state index contributed by atoms with van der Waals surface area (Å²) in [5.74, 6) is 1.82. The first-order valence-corrected chi connectivity index (χ1v) is 14.3. The Hall–Kier alpha value is -0.980. The van der Waals surface area contributed by atoms with Crippen LogP contribution in [-0.2, 0) is 19.1 Å². The summed E-state index contributed by atoms with van der Waals surface area (Å²) in [4.78, 5) is 28.0. The minimum Gasteiger partial charge on any atom is -0.461 e. The lowest BCUT2D eigenvalue weighted by atomic mass is 9.43. The van der Waals surface area contributed by atoms with Gasteiger partial charge in [0.15, 0.2) is 0 Å². The molecular weight excluding hydrogens is 442 g/mol. The number of Topliss-reactive ketones (excluding diaryl/α,β-unsaturated/α-hetero) is 1. The number of ether oxygens (including phenoxy) is 2. The van der Waals surface area contributed by atoms with E-state index in [2.05, 4.69) is 32.6 Å². The van der Waals surface area contributed by atoms with Gasteiger partial charge in [-0.3, -0.25) is 14.5 Å². The summed E-state index contributed by atoms with van der Waals surface area (Å²) < 4.78 is 12.5. The van der Waals surface area contributed by atoms with E-state index in [0.29, 0.717) is 36.7 Å². The van der Waals surface area contributed by atoms with Gasteiger partial charge < -0.3 is 14.6 Å². The molecule has 0 spiro atoms. The van der Waals surface area contributed by atoms with Crippen LogP contribution in [0.1, 0.15) is 86.5 Å². The first kappa shape index (κ1) is 27.1. The maximum atomic E-state index is 13.2. The van der Waals surface area contributed by atoms with Crippen molar-refractivity contribution in [3.05, 3.63) is 0 Å². The zero-order chi connectivity index (χ0) is 25.5. The maximum Gasteiger partial charge on any atom is 0.320 e. The Labute approximate surface area is 212 Å². The lowest BCUT2D eigenvalue weighted by Crippen LogP contribution is -2.62. The summed E-state index contributed by atoms with van der Waals surface area (Å²) in [6.45, 7) is 15.1. The average Bonchev–Trinajstić information content (AvgIpc) is 3.15. The van der Waals surface area contributed by atoms with Crippen LogP contribution in [0.2, 0.25) is 0 Å². The molecule has 10 atom stereocenters. The van der Waals surface area contributed by atoms with Crippen LogP contribution in [-0.4, -0.2) is 66.3 Å². The van der Waals surface area contributed by atoms with E-state index in [0.717, 1.165) is 58.0 Å². The topological polar surface area (TPSA) is 76.1 Å². The van der Waals surface area contributed by atoms with Crippen molar-refractivity contribution in [2.24, 2.45) is 40.4 Å². The zero-order valence-electron chi connectivity index (χ0n) is 22.9. The normalized spacial score (nSPS) is 44.9. The Kier molecular flexibility index (Phi) is 8.05. The highest BCUT2D eigenvalue weighted by atomic mass is 16.5. The molecule has 0 radical (unpaired) electrons. The second-order valence-electron chi connectivity index (χ2n) is 12.5. The van der Waals surface area contributed by atoms with E-state index >= 15 is 0 Å². The fraction of sp³-hybridized carbons (Fsp3) is 0.931. The maximum absolute atomic E-state index is 13.2. The van der Waals surface area contributed by atoms with Crippen molar-refractivity contribution in [1.82, 2.24) is 4.90 Å². The van der Waals surface area contributed by atoms with Gasteiger partial charge in [0.2, 0.25) is 0 Å². The molecule has 6 heteroatoms.